The number of hydrogen-bond donors (Lipinski definition) is 0. The van der Waals surface area contributed by atoms with Gasteiger partial charge in [-0.2, -0.15) is 4.98 Å². The summed E-state index contributed by atoms with van der Waals surface area (Å²) in [5.41, 5.74) is 2.39. The van der Waals surface area contributed by atoms with Crippen LogP contribution in [-0.4, -0.2) is 31.2 Å². The Kier molecular flexibility index (Phi) is 4.68. The van der Waals surface area contributed by atoms with Gasteiger partial charge in [0.1, 0.15) is 5.69 Å². The largest absolute Gasteiger partial charge is 0.479 e. The minimum absolute atomic E-state index is 0.0582. The third-order valence-corrected chi connectivity index (χ3v) is 4.76. The smallest absolute Gasteiger partial charge is 0.272 e. The highest BCUT2D eigenvalue weighted by atomic mass is 19.3. The van der Waals surface area contributed by atoms with Crippen molar-refractivity contribution in [2.24, 2.45) is 5.92 Å². The molecule has 27 heavy (non-hydrogen) atoms. The summed E-state index contributed by atoms with van der Waals surface area (Å²) in [6.07, 6.45) is 3.67. The topological polar surface area (TPSA) is 34.6 Å². The fourth-order valence-electron chi connectivity index (χ4n) is 3.41. The summed E-state index contributed by atoms with van der Waals surface area (Å²) in [5, 5.41) is 0. The van der Waals surface area contributed by atoms with Gasteiger partial charge in [0.15, 0.2) is 12.4 Å². The van der Waals surface area contributed by atoms with E-state index in [1.165, 1.54) is 13.2 Å². The minimum atomic E-state index is -2.71. The molecule has 1 aliphatic carbocycles. The number of alkyl halides is 2. The minimum Gasteiger partial charge on any atom is -0.479 e. The van der Waals surface area contributed by atoms with Gasteiger partial charge in [-0.15, -0.1) is 0 Å². The number of hydrogen-bond acceptors (Lipinski definition) is 4. The lowest BCUT2D eigenvalue weighted by molar-refractivity contribution is 0.0770. The van der Waals surface area contributed by atoms with Crippen LogP contribution in [0.2, 0.25) is 0 Å². The molecular formula is C20H19F3N2O2. The molecule has 142 valence electrons. The molecule has 2 heterocycles. The van der Waals surface area contributed by atoms with Crippen LogP contribution in [0.25, 0.3) is 6.08 Å². The number of rotatable bonds is 6. The normalized spacial score (nSPS) is 18.6. The molecule has 7 heteroatoms. The number of ether oxygens (including phenoxy) is 2. The summed E-state index contributed by atoms with van der Waals surface area (Å²) in [7, 11) is 1.42. The van der Waals surface area contributed by atoms with Crippen LogP contribution in [-0.2, 0) is 0 Å². The highest BCUT2D eigenvalue weighted by molar-refractivity contribution is 5.80. The van der Waals surface area contributed by atoms with E-state index in [0.717, 1.165) is 24.1 Å². The number of aromatic nitrogens is 1. The average molecular weight is 376 g/mol. The molecule has 4 rings (SSSR count). The Balaban J connectivity index is 1.78. The fraction of sp³-hybridized carbons (Fsp3) is 0.350. The molecule has 0 N–H and O–H groups in total. The van der Waals surface area contributed by atoms with Gasteiger partial charge in [0.05, 0.1) is 13.2 Å². The van der Waals surface area contributed by atoms with Crippen molar-refractivity contribution in [3.63, 3.8) is 0 Å². The van der Waals surface area contributed by atoms with Gasteiger partial charge in [0, 0.05) is 11.8 Å². The second-order valence-electron chi connectivity index (χ2n) is 6.62. The van der Waals surface area contributed by atoms with Gasteiger partial charge >= 0.3 is 0 Å². The molecule has 1 unspecified atom stereocenters. The van der Waals surface area contributed by atoms with E-state index in [1.54, 1.807) is 0 Å². The van der Waals surface area contributed by atoms with Crippen molar-refractivity contribution in [1.29, 1.82) is 0 Å². The van der Waals surface area contributed by atoms with E-state index in [0.29, 0.717) is 11.6 Å². The van der Waals surface area contributed by atoms with Crippen LogP contribution in [0.4, 0.5) is 24.5 Å². The van der Waals surface area contributed by atoms with Gasteiger partial charge in [0.25, 0.3) is 12.3 Å². The maximum absolute atomic E-state index is 14.6. The van der Waals surface area contributed by atoms with Gasteiger partial charge in [-0.05, 0) is 30.4 Å². The van der Waals surface area contributed by atoms with Gasteiger partial charge < -0.3 is 14.4 Å². The molecule has 1 aromatic heterocycles. The summed E-state index contributed by atoms with van der Waals surface area (Å²) in [5.74, 6) is -0.679. The molecule has 4 nitrogen and oxygen atoms in total. The van der Waals surface area contributed by atoms with Crippen molar-refractivity contribution >= 4 is 17.5 Å². The Morgan fingerprint density at radius 2 is 1.96 bits per heavy atom. The maximum atomic E-state index is 14.6. The van der Waals surface area contributed by atoms with E-state index in [-0.39, 0.29) is 11.9 Å². The van der Waals surface area contributed by atoms with Crippen molar-refractivity contribution in [1.82, 2.24) is 4.98 Å². The van der Waals surface area contributed by atoms with Crippen LogP contribution >= 0.6 is 0 Å². The second kappa shape index (κ2) is 7.13. The number of methoxy groups -OCH3 is 1. The van der Waals surface area contributed by atoms with Crippen molar-refractivity contribution in [2.45, 2.75) is 25.3 Å². The van der Waals surface area contributed by atoms with Crippen LogP contribution in [0.15, 0.2) is 36.4 Å². The highest BCUT2D eigenvalue weighted by Crippen LogP contribution is 2.47. The Labute approximate surface area is 155 Å². The third-order valence-electron chi connectivity index (χ3n) is 4.76. The molecule has 0 amide bonds. The van der Waals surface area contributed by atoms with Gasteiger partial charge in [-0.3, -0.25) is 0 Å². The number of anilines is 2. The molecule has 0 radical (unpaired) electrons. The average Bonchev–Trinajstić information content (AvgIpc) is 3.51. The van der Waals surface area contributed by atoms with E-state index in [4.69, 9.17) is 9.47 Å². The Morgan fingerprint density at radius 3 is 2.67 bits per heavy atom. The molecule has 1 aliphatic heterocycles. The number of para-hydroxylation sites is 1. The summed E-state index contributed by atoms with van der Waals surface area (Å²) < 4.78 is 49.5. The maximum Gasteiger partial charge on any atom is 0.272 e. The summed E-state index contributed by atoms with van der Waals surface area (Å²) in [6, 6.07) is 9.12. The lowest BCUT2D eigenvalue weighted by Crippen LogP contribution is -2.34. The number of pyridine rings is 1. The van der Waals surface area contributed by atoms with Crippen LogP contribution < -0.4 is 14.4 Å². The van der Waals surface area contributed by atoms with Gasteiger partial charge in [-0.25, -0.2) is 13.2 Å². The van der Waals surface area contributed by atoms with E-state index in [9.17, 15) is 13.2 Å². The van der Waals surface area contributed by atoms with Gasteiger partial charge in [-0.1, -0.05) is 30.4 Å². The summed E-state index contributed by atoms with van der Waals surface area (Å²) in [4.78, 5) is 6.02. The summed E-state index contributed by atoms with van der Waals surface area (Å²) >= 11 is 0. The lowest BCUT2D eigenvalue weighted by Gasteiger charge is -2.36. The molecule has 1 fully saturated rings. The molecule has 2 aliphatic rings. The molecule has 0 saturated heterocycles. The molecular weight excluding hydrogens is 357 g/mol. The van der Waals surface area contributed by atoms with E-state index >= 15 is 0 Å². The first-order valence-corrected chi connectivity index (χ1v) is 8.80. The zero-order valence-electron chi connectivity index (χ0n) is 14.7. The number of benzene rings is 1. The second-order valence-corrected chi connectivity index (χ2v) is 6.62. The fourth-order valence-corrected chi connectivity index (χ4v) is 3.41. The monoisotopic (exact) mass is 376 g/mol. The predicted octanol–water partition coefficient (Wildman–Crippen LogP) is 4.82. The van der Waals surface area contributed by atoms with Crippen LogP contribution in [0.1, 0.15) is 18.4 Å². The van der Waals surface area contributed by atoms with Crippen LogP contribution in [0, 0.1) is 11.7 Å². The number of fused-ring (bicyclic) bond motifs is 1. The highest BCUT2D eigenvalue weighted by Gasteiger charge is 2.38. The molecule has 1 aromatic carbocycles. The number of nitrogens with zero attached hydrogens (tertiary/aromatic N) is 2. The molecule has 2 aromatic rings. The SMILES string of the molecule is COc1nc(OCC(F)F)c(F)cc1N1c2ccccc2C=CC1C1CC1. The first-order chi connectivity index (χ1) is 13.1. The van der Waals surface area contributed by atoms with Crippen molar-refractivity contribution in [2.75, 3.05) is 18.6 Å². The Bertz CT molecular complexity index is 868. The van der Waals surface area contributed by atoms with Gasteiger partial charge in [0.2, 0.25) is 5.88 Å². The van der Waals surface area contributed by atoms with Crippen LogP contribution in [0.5, 0.6) is 11.8 Å². The first-order valence-electron chi connectivity index (χ1n) is 8.80. The number of halogens is 3. The van der Waals surface area contributed by atoms with Crippen molar-refractivity contribution in [3.05, 3.63) is 47.8 Å². The molecule has 1 saturated carbocycles. The molecule has 0 bridgehead atoms. The third kappa shape index (κ3) is 3.46. The standard InChI is InChI=1S/C20H19F3N2O2/c1-26-20-17(10-14(21)19(24-20)27-11-18(22)23)25-15-5-3-2-4-12(15)8-9-16(25)13-6-7-13/h2-5,8-10,13,16,18H,6-7,11H2,1H3. The Hall–Kier alpha value is -2.70. The zero-order chi connectivity index (χ0) is 19.0. The van der Waals surface area contributed by atoms with E-state index in [1.807, 2.05) is 29.2 Å². The first kappa shape index (κ1) is 17.7. The quantitative estimate of drug-likeness (QED) is 0.724. The van der Waals surface area contributed by atoms with Crippen molar-refractivity contribution in [3.8, 4) is 11.8 Å². The summed E-state index contributed by atoms with van der Waals surface area (Å²) in [6.45, 7) is -0.924. The molecule has 1 atom stereocenters. The van der Waals surface area contributed by atoms with E-state index < -0.39 is 24.7 Å². The zero-order valence-corrected chi connectivity index (χ0v) is 14.7. The predicted molar refractivity (Wildman–Crippen MR) is 96.4 cm³/mol. The lowest BCUT2D eigenvalue weighted by atomic mass is 9.99. The Morgan fingerprint density at radius 1 is 1.19 bits per heavy atom. The van der Waals surface area contributed by atoms with Crippen molar-refractivity contribution < 1.29 is 22.6 Å². The van der Waals surface area contributed by atoms with E-state index in [2.05, 4.69) is 17.1 Å². The van der Waals surface area contributed by atoms with Crippen LogP contribution in [0.3, 0.4) is 0 Å². The molecule has 0 spiro atoms.